The molecule has 1 saturated carbocycles. The lowest BCUT2D eigenvalue weighted by molar-refractivity contribution is -0.103. The third kappa shape index (κ3) is 3.79. The van der Waals surface area contributed by atoms with E-state index in [0.29, 0.717) is 19.4 Å². The van der Waals surface area contributed by atoms with Gasteiger partial charge in [0.1, 0.15) is 0 Å². The fourth-order valence-corrected chi connectivity index (χ4v) is 4.78. The molecule has 140 valence electrons. The molecule has 8 heteroatoms. The topological polar surface area (TPSA) is 55.4 Å². The summed E-state index contributed by atoms with van der Waals surface area (Å²) in [5, 5.41) is 3.04. The molecule has 1 aliphatic carbocycles. The van der Waals surface area contributed by atoms with Crippen LogP contribution < -0.4 is 5.32 Å². The van der Waals surface area contributed by atoms with Crippen LogP contribution in [0.15, 0.2) is 29.2 Å². The molecule has 1 heterocycles. The number of alkyl halides is 3. The number of halogens is 3. The average molecular weight is 377 g/mol. The van der Waals surface area contributed by atoms with Crippen molar-refractivity contribution >= 4 is 15.5 Å². The van der Waals surface area contributed by atoms with E-state index in [9.17, 15) is 21.6 Å². The van der Waals surface area contributed by atoms with Crippen LogP contribution in [0.5, 0.6) is 0 Å². The number of benzene rings is 1. The Labute approximate surface area is 145 Å². The number of hydrogen-bond donors (Lipinski definition) is 1. The second-order valence-electron chi connectivity index (χ2n) is 6.87. The molecule has 0 amide bonds. The maximum absolute atomic E-state index is 12.9. The highest BCUT2D eigenvalue weighted by Crippen LogP contribution is 2.40. The van der Waals surface area contributed by atoms with Crippen molar-refractivity contribution in [3.8, 4) is 0 Å². The number of para-hydroxylation sites is 1. The molecule has 1 spiro atoms. The van der Waals surface area contributed by atoms with Crippen molar-refractivity contribution in [2.45, 2.75) is 67.0 Å². The Hall–Kier alpha value is -1.28. The Balaban J connectivity index is 1.82. The maximum atomic E-state index is 12.9. The summed E-state index contributed by atoms with van der Waals surface area (Å²) in [6, 6.07) is 5.13. The molecule has 0 bridgehead atoms. The molecule has 3 rings (SSSR count). The average Bonchev–Trinajstić information content (AvgIpc) is 2.55. The Bertz CT molecular complexity index is 707. The van der Waals surface area contributed by atoms with Gasteiger partial charge in [0, 0.05) is 12.6 Å². The number of hydrogen-bond acceptors (Lipinski definition) is 4. The molecule has 1 aliphatic heterocycles. The second-order valence-corrected chi connectivity index (χ2v) is 8.78. The standard InChI is InChI=1S/C17H22F3NO3S/c18-17(19,20)25(22,23)15-7-3-2-6-14(15)21-13-8-11-24-16(12-13)9-4-1-5-10-16/h2-3,6-7,13,21H,1,4-5,8-12H2. The lowest BCUT2D eigenvalue weighted by atomic mass is 9.78. The first-order valence-electron chi connectivity index (χ1n) is 8.54. The molecular formula is C17H22F3NO3S. The van der Waals surface area contributed by atoms with E-state index in [2.05, 4.69) is 5.32 Å². The predicted molar refractivity (Wildman–Crippen MR) is 88.1 cm³/mol. The SMILES string of the molecule is O=S(=O)(c1ccccc1NC1CCOC2(CCCCC2)C1)C(F)(F)F. The zero-order valence-corrected chi connectivity index (χ0v) is 14.6. The van der Waals surface area contributed by atoms with Gasteiger partial charge >= 0.3 is 5.51 Å². The monoisotopic (exact) mass is 377 g/mol. The van der Waals surface area contributed by atoms with Crippen molar-refractivity contribution < 1.29 is 26.3 Å². The Morgan fingerprint density at radius 1 is 1.12 bits per heavy atom. The van der Waals surface area contributed by atoms with Crippen LogP contribution in [0.25, 0.3) is 0 Å². The number of anilines is 1. The van der Waals surface area contributed by atoms with E-state index in [0.717, 1.165) is 31.7 Å². The normalized spacial score (nSPS) is 24.2. The largest absolute Gasteiger partial charge is 0.501 e. The Morgan fingerprint density at radius 2 is 1.80 bits per heavy atom. The minimum Gasteiger partial charge on any atom is -0.381 e. The van der Waals surface area contributed by atoms with Gasteiger partial charge in [0.2, 0.25) is 0 Å². The highest BCUT2D eigenvalue weighted by atomic mass is 32.2. The molecule has 1 unspecified atom stereocenters. The van der Waals surface area contributed by atoms with Crippen LogP contribution in [0.3, 0.4) is 0 Å². The van der Waals surface area contributed by atoms with Crippen LogP contribution in [0, 0.1) is 0 Å². The van der Waals surface area contributed by atoms with Crippen LogP contribution >= 0.6 is 0 Å². The number of rotatable bonds is 3. The quantitative estimate of drug-likeness (QED) is 0.855. The molecule has 0 radical (unpaired) electrons. The smallest absolute Gasteiger partial charge is 0.381 e. The zero-order chi connectivity index (χ0) is 18.1. The third-order valence-corrected chi connectivity index (χ3v) is 6.64. The molecule has 4 nitrogen and oxygen atoms in total. The van der Waals surface area contributed by atoms with Gasteiger partial charge in [-0.25, -0.2) is 8.42 Å². The fourth-order valence-electron chi connectivity index (χ4n) is 3.86. The molecule has 2 aliphatic rings. The molecule has 1 atom stereocenters. The summed E-state index contributed by atoms with van der Waals surface area (Å²) in [4.78, 5) is -0.716. The van der Waals surface area contributed by atoms with Gasteiger partial charge in [0.05, 0.1) is 16.2 Å². The van der Waals surface area contributed by atoms with Crippen molar-refractivity contribution in [1.82, 2.24) is 0 Å². The lowest BCUT2D eigenvalue weighted by Gasteiger charge is -2.44. The van der Waals surface area contributed by atoms with E-state index in [1.54, 1.807) is 0 Å². The van der Waals surface area contributed by atoms with Crippen molar-refractivity contribution in [1.29, 1.82) is 0 Å². The fraction of sp³-hybridized carbons (Fsp3) is 0.647. The highest BCUT2D eigenvalue weighted by Gasteiger charge is 2.48. The molecule has 1 aromatic carbocycles. The lowest BCUT2D eigenvalue weighted by Crippen LogP contribution is -2.45. The van der Waals surface area contributed by atoms with Crippen LogP contribution in [0.2, 0.25) is 0 Å². The van der Waals surface area contributed by atoms with E-state index in [1.165, 1.54) is 24.6 Å². The summed E-state index contributed by atoms with van der Waals surface area (Å²) >= 11 is 0. The summed E-state index contributed by atoms with van der Waals surface area (Å²) in [7, 11) is -5.38. The minimum atomic E-state index is -5.38. The van der Waals surface area contributed by atoms with Crippen molar-refractivity contribution in [3.05, 3.63) is 24.3 Å². The van der Waals surface area contributed by atoms with E-state index in [4.69, 9.17) is 4.74 Å². The summed E-state index contributed by atoms with van der Waals surface area (Å²) in [6.07, 6.45) is 6.59. The zero-order valence-electron chi connectivity index (χ0n) is 13.8. The van der Waals surface area contributed by atoms with Gasteiger partial charge in [-0.2, -0.15) is 13.2 Å². The summed E-state index contributed by atoms with van der Waals surface area (Å²) in [5.41, 5.74) is -5.52. The number of nitrogens with one attached hydrogen (secondary N) is 1. The molecule has 0 aromatic heterocycles. The summed E-state index contributed by atoms with van der Waals surface area (Å²) in [6.45, 7) is 0.534. The first-order chi connectivity index (χ1) is 11.7. The van der Waals surface area contributed by atoms with Gasteiger partial charge in [-0.05, 0) is 37.8 Å². The summed E-state index contributed by atoms with van der Waals surface area (Å²) < 4.78 is 68.4. The van der Waals surface area contributed by atoms with E-state index in [1.807, 2.05) is 0 Å². The van der Waals surface area contributed by atoms with Crippen molar-refractivity contribution in [2.75, 3.05) is 11.9 Å². The van der Waals surface area contributed by atoms with E-state index in [-0.39, 0.29) is 17.3 Å². The number of sulfone groups is 1. The Morgan fingerprint density at radius 3 is 2.48 bits per heavy atom. The molecular weight excluding hydrogens is 355 g/mol. The van der Waals surface area contributed by atoms with Crippen molar-refractivity contribution in [2.24, 2.45) is 0 Å². The molecule has 1 saturated heterocycles. The van der Waals surface area contributed by atoms with Gasteiger partial charge in [-0.3, -0.25) is 0 Å². The van der Waals surface area contributed by atoms with Crippen molar-refractivity contribution in [3.63, 3.8) is 0 Å². The first-order valence-corrected chi connectivity index (χ1v) is 10.0. The van der Waals surface area contributed by atoms with Crippen LogP contribution in [0.4, 0.5) is 18.9 Å². The Kier molecular flexibility index (Phi) is 5.03. The second kappa shape index (κ2) is 6.79. The van der Waals surface area contributed by atoms with Crippen LogP contribution in [-0.2, 0) is 14.6 Å². The van der Waals surface area contributed by atoms with Gasteiger partial charge in [-0.15, -0.1) is 0 Å². The molecule has 1 N–H and O–H groups in total. The first kappa shape index (κ1) is 18.5. The van der Waals surface area contributed by atoms with Gasteiger partial charge in [0.25, 0.3) is 9.84 Å². The number of ether oxygens (including phenoxy) is 1. The minimum absolute atomic E-state index is 0.0117. The van der Waals surface area contributed by atoms with E-state index < -0.39 is 20.2 Å². The van der Waals surface area contributed by atoms with E-state index >= 15 is 0 Å². The van der Waals surface area contributed by atoms with Gasteiger partial charge < -0.3 is 10.1 Å². The maximum Gasteiger partial charge on any atom is 0.501 e. The third-order valence-electron chi connectivity index (χ3n) is 5.10. The predicted octanol–water partition coefficient (Wildman–Crippen LogP) is 4.27. The summed E-state index contributed by atoms with van der Waals surface area (Å²) in [5.74, 6) is 0. The van der Waals surface area contributed by atoms with Crippen LogP contribution in [0.1, 0.15) is 44.9 Å². The van der Waals surface area contributed by atoms with Gasteiger partial charge in [-0.1, -0.05) is 31.4 Å². The molecule has 25 heavy (non-hydrogen) atoms. The highest BCUT2D eigenvalue weighted by molar-refractivity contribution is 7.92. The van der Waals surface area contributed by atoms with Crippen LogP contribution in [-0.4, -0.2) is 32.2 Å². The molecule has 1 aromatic rings. The molecule has 2 fully saturated rings. The van der Waals surface area contributed by atoms with Gasteiger partial charge in [0.15, 0.2) is 0 Å².